The molecule has 2 aromatic carbocycles. The second kappa shape index (κ2) is 5.21. The Morgan fingerprint density at radius 3 is 2.63 bits per heavy atom. The summed E-state index contributed by atoms with van der Waals surface area (Å²) in [4.78, 5) is 12.1. The lowest BCUT2D eigenvalue weighted by molar-refractivity contribution is -0.117. The Balaban J connectivity index is 1.82. The number of halogens is 1. The summed E-state index contributed by atoms with van der Waals surface area (Å²) in [5, 5.41) is 6.27. The molecule has 0 aromatic heterocycles. The van der Waals surface area contributed by atoms with Crippen LogP contribution in [0.4, 0.5) is 11.4 Å². The van der Waals surface area contributed by atoms with Gasteiger partial charge < -0.3 is 10.6 Å². The largest absolute Gasteiger partial charge is 0.372 e. The van der Waals surface area contributed by atoms with Crippen molar-refractivity contribution in [2.24, 2.45) is 0 Å². The second-order valence-electron chi connectivity index (χ2n) is 4.57. The topological polar surface area (TPSA) is 41.1 Å². The van der Waals surface area contributed by atoms with Crippen LogP contribution in [0.25, 0.3) is 0 Å². The Kier molecular flexibility index (Phi) is 3.42. The fourth-order valence-corrected chi connectivity index (χ4v) is 2.70. The first-order valence-corrected chi connectivity index (χ1v) is 7.21. The van der Waals surface area contributed by atoms with Gasteiger partial charge in [-0.1, -0.05) is 30.3 Å². The van der Waals surface area contributed by atoms with Gasteiger partial charge in [-0.15, -0.1) is 0 Å². The summed E-state index contributed by atoms with van der Waals surface area (Å²) in [7, 11) is 0. The minimum atomic E-state index is -0.213. The number of fused-ring (bicyclic) bond motifs is 1. The van der Waals surface area contributed by atoms with E-state index in [1.807, 2.05) is 48.5 Å². The first-order valence-electron chi connectivity index (χ1n) is 6.13. The average Bonchev–Trinajstić information content (AvgIpc) is 2.41. The minimum absolute atomic E-state index is 0.0263. The van der Waals surface area contributed by atoms with Crippen molar-refractivity contribution in [1.29, 1.82) is 0 Å². The molecular weight excluding hydrogens is 351 g/mol. The smallest absolute Gasteiger partial charge is 0.247 e. The quantitative estimate of drug-likeness (QED) is 0.804. The lowest BCUT2D eigenvalue weighted by Gasteiger charge is -2.27. The number of anilines is 2. The van der Waals surface area contributed by atoms with Crippen LogP contribution in [0.5, 0.6) is 0 Å². The predicted octanol–water partition coefficient (Wildman–Crippen LogP) is 3.27. The van der Waals surface area contributed by atoms with Crippen LogP contribution < -0.4 is 10.6 Å². The van der Waals surface area contributed by atoms with Gasteiger partial charge in [0.2, 0.25) is 5.91 Å². The summed E-state index contributed by atoms with van der Waals surface area (Å²) in [5.74, 6) is 0.0263. The monoisotopic (exact) mass is 364 g/mol. The van der Waals surface area contributed by atoms with Crippen LogP contribution >= 0.6 is 22.6 Å². The molecule has 2 N–H and O–H groups in total. The van der Waals surface area contributed by atoms with E-state index in [1.165, 1.54) is 0 Å². The standard InChI is InChI=1S/C15H13IN2O/c16-11-6-7-12-13(9-11)18-15(19)14(17-12)8-10-4-2-1-3-5-10/h1-7,9,14,17H,8H2,(H,18,19). The van der Waals surface area contributed by atoms with Gasteiger partial charge in [0, 0.05) is 9.99 Å². The highest BCUT2D eigenvalue weighted by atomic mass is 127. The molecule has 3 nitrogen and oxygen atoms in total. The molecule has 0 aliphatic carbocycles. The normalized spacial score (nSPS) is 17.3. The second-order valence-corrected chi connectivity index (χ2v) is 5.81. The van der Waals surface area contributed by atoms with Crippen LogP contribution in [0.1, 0.15) is 5.56 Å². The van der Waals surface area contributed by atoms with Crippen LogP contribution in [0, 0.1) is 3.57 Å². The van der Waals surface area contributed by atoms with Crippen molar-refractivity contribution in [3.63, 3.8) is 0 Å². The van der Waals surface area contributed by atoms with E-state index in [2.05, 4.69) is 33.2 Å². The molecule has 0 saturated carbocycles. The molecule has 1 amide bonds. The summed E-state index contributed by atoms with van der Waals surface area (Å²) in [5.41, 5.74) is 3.01. The molecule has 1 aliphatic heterocycles. The van der Waals surface area contributed by atoms with Gasteiger partial charge >= 0.3 is 0 Å². The molecule has 96 valence electrons. The summed E-state index contributed by atoms with van der Waals surface area (Å²) in [6.07, 6.45) is 0.693. The van der Waals surface area contributed by atoms with Crippen molar-refractivity contribution in [3.8, 4) is 0 Å². The first kappa shape index (κ1) is 12.5. The third-order valence-corrected chi connectivity index (χ3v) is 3.84. The molecule has 0 radical (unpaired) electrons. The van der Waals surface area contributed by atoms with Gasteiger partial charge in [0.05, 0.1) is 11.4 Å². The fraction of sp³-hybridized carbons (Fsp3) is 0.133. The highest BCUT2D eigenvalue weighted by molar-refractivity contribution is 14.1. The lowest BCUT2D eigenvalue weighted by Crippen LogP contribution is -2.40. The third-order valence-electron chi connectivity index (χ3n) is 3.17. The molecule has 1 heterocycles. The lowest BCUT2D eigenvalue weighted by atomic mass is 10.0. The molecule has 0 bridgehead atoms. The van der Waals surface area contributed by atoms with E-state index in [1.54, 1.807) is 0 Å². The van der Waals surface area contributed by atoms with E-state index in [9.17, 15) is 4.79 Å². The molecular formula is C15H13IN2O. The molecule has 2 aromatic rings. The van der Waals surface area contributed by atoms with Gasteiger partial charge in [-0.25, -0.2) is 0 Å². The van der Waals surface area contributed by atoms with Crippen molar-refractivity contribution in [2.45, 2.75) is 12.5 Å². The number of amides is 1. The van der Waals surface area contributed by atoms with E-state index < -0.39 is 0 Å². The Bertz CT molecular complexity index is 613. The van der Waals surface area contributed by atoms with Gasteiger partial charge in [-0.2, -0.15) is 0 Å². The van der Waals surface area contributed by atoms with Crippen LogP contribution in [0.15, 0.2) is 48.5 Å². The number of hydrogen-bond acceptors (Lipinski definition) is 2. The summed E-state index contributed by atoms with van der Waals surface area (Å²) >= 11 is 2.24. The van der Waals surface area contributed by atoms with Crippen molar-refractivity contribution in [3.05, 3.63) is 57.7 Å². The van der Waals surface area contributed by atoms with Crippen molar-refractivity contribution < 1.29 is 4.79 Å². The van der Waals surface area contributed by atoms with Crippen LogP contribution in [0.2, 0.25) is 0 Å². The SMILES string of the molecule is O=C1Nc2cc(I)ccc2NC1Cc1ccccc1. The molecule has 4 heteroatoms. The molecule has 0 spiro atoms. The van der Waals surface area contributed by atoms with Crippen LogP contribution in [-0.4, -0.2) is 11.9 Å². The van der Waals surface area contributed by atoms with Gasteiger partial charge in [-0.3, -0.25) is 4.79 Å². The maximum atomic E-state index is 12.1. The van der Waals surface area contributed by atoms with E-state index in [4.69, 9.17) is 0 Å². The maximum absolute atomic E-state index is 12.1. The van der Waals surface area contributed by atoms with Gasteiger partial charge in [-0.05, 0) is 46.4 Å². The van der Waals surface area contributed by atoms with Crippen LogP contribution in [0.3, 0.4) is 0 Å². The Morgan fingerprint density at radius 2 is 1.84 bits per heavy atom. The number of hydrogen-bond donors (Lipinski definition) is 2. The van der Waals surface area contributed by atoms with Crippen molar-refractivity contribution in [1.82, 2.24) is 0 Å². The van der Waals surface area contributed by atoms with Crippen LogP contribution in [-0.2, 0) is 11.2 Å². The van der Waals surface area contributed by atoms with Gasteiger partial charge in [0.15, 0.2) is 0 Å². The van der Waals surface area contributed by atoms with E-state index in [0.29, 0.717) is 6.42 Å². The number of nitrogens with one attached hydrogen (secondary N) is 2. The molecule has 0 saturated heterocycles. The number of carbonyl (C=O) groups is 1. The highest BCUT2D eigenvalue weighted by Crippen LogP contribution is 2.29. The molecule has 19 heavy (non-hydrogen) atoms. The zero-order chi connectivity index (χ0) is 13.2. The predicted molar refractivity (Wildman–Crippen MR) is 85.3 cm³/mol. The fourth-order valence-electron chi connectivity index (χ4n) is 2.21. The zero-order valence-corrected chi connectivity index (χ0v) is 12.3. The average molecular weight is 364 g/mol. The Hall–Kier alpha value is -1.56. The van der Waals surface area contributed by atoms with E-state index in [0.717, 1.165) is 20.5 Å². The number of carbonyl (C=O) groups excluding carboxylic acids is 1. The van der Waals surface area contributed by atoms with Gasteiger partial charge in [0.1, 0.15) is 6.04 Å². The summed E-state index contributed by atoms with van der Waals surface area (Å²) < 4.78 is 1.11. The Morgan fingerprint density at radius 1 is 1.05 bits per heavy atom. The number of rotatable bonds is 2. The van der Waals surface area contributed by atoms with Crippen molar-refractivity contribution in [2.75, 3.05) is 10.6 Å². The molecule has 1 aliphatic rings. The van der Waals surface area contributed by atoms with Crippen molar-refractivity contribution >= 4 is 39.9 Å². The molecule has 0 fully saturated rings. The maximum Gasteiger partial charge on any atom is 0.247 e. The molecule has 1 atom stereocenters. The Labute approximate surface area is 125 Å². The summed E-state index contributed by atoms with van der Waals surface area (Å²) in [6.45, 7) is 0. The summed E-state index contributed by atoms with van der Waals surface area (Å²) in [6, 6.07) is 15.8. The first-order chi connectivity index (χ1) is 9.22. The van der Waals surface area contributed by atoms with Gasteiger partial charge in [0.25, 0.3) is 0 Å². The molecule has 1 unspecified atom stereocenters. The van der Waals surface area contributed by atoms with E-state index in [-0.39, 0.29) is 11.9 Å². The number of benzene rings is 2. The minimum Gasteiger partial charge on any atom is -0.372 e. The third kappa shape index (κ3) is 2.73. The zero-order valence-electron chi connectivity index (χ0n) is 10.2. The van der Waals surface area contributed by atoms with E-state index >= 15 is 0 Å². The molecule has 3 rings (SSSR count). The highest BCUT2D eigenvalue weighted by Gasteiger charge is 2.25.